The lowest BCUT2D eigenvalue weighted by Crippen LogP contribution is -2.22. The van der Waals surface area contributed by atoms with E-state index in [0.29, 0.717) is 22.1 Å². The van der Waals surface area contributed by atoms with Crippen LogP contribution in [-0.4, -0.2) is 31.8 Å². The first-order chi connectivity index (χ1) is 13.9. The second-order valence-corrected chi connectivity index (χ2v) is 9.52. The SMILES string of the molecule is CN(C)S(=O)(=O)c1ccc(-c2csc(C(C#N)=C3Nc4ccccc4N3)n2)cc1. The number of aromatic nitrogens is 1. The van der Waals surface area contributed by atoms with Gasteiger partial charge >= 0.3 is 0 Å². The number of thiazole rings is 1. The van der Waals surface area contributed by atoms with Crippen LogP contribution in [0.15, 0.2) is 64.6 Å². The van der Waals surface area contributed by atoms with Crippen molar-refractivity contribution in [3.8, 4) is 17.3 Å². The lowest BCUT2D eigenvalue weighted by Gasteiger charge is -2.11. The molecule has 0 fully saturated rings. The van der Waals surface area contributed by atoms with Crippen LogP contribution >= 0.6 is 11.3 Å². The molecular formula is C20H17N5O2S2. The normalized spacial score (nSPS) is 12.8. The van der Waals surface area contributed by atoms with E-state index < -0.39 is 10.0 Å². The molecule has 0 bridgehead atoms. The first-order valence-corrected chi connectivity index (χ1v) is 11.0. The molecule has 0 radical (unpaired) electrons. The van der Waals surface area contributed by atoms with Crippen LogP contribution in [0.1, 0.15) is 5.01 Å². The molecule has 1 aliphatic heterocycles. The van der Waals surface area contributed by atoms with Gasteiger partial charge < -0.3 is 10.6 Å². The number of fused-ring (bicyclic) bond motifs is 1. The van der Waals surface area contributed by atoms with Gasteiger partial charge in [0.1, 0.15) is 22.5 Å². The van der Waals surface area contributed by atoms with E-state index in [1.165, 1.54) is 29.7 Å². The Morgan fingerprint density at radius 2 is 1.69 bits per heavy atom. The molecule has 2 heterocycles. The Labute approximate surface area is 173 Å². The first-order valence-electron chi connectivity index (χ1n) is 8.66. The summed E-state index contributed by atoms with van der Waals surface area (Å²) in [6.07, 6.45) is 0. The largest absolute Gasteiger partial charge is 0.339 e. The lowest BCUT2D eigenvalue weighted by atomic mass is 10.2. The molecule has 146 valence electrons. The Morgan fingerprint density at radius 1 is 1.07 bits per heavy atom. The van der Waals surface area contributed by atoms with Crippen molar-refractivity contribution in [1.82, 2.24) is 9.29 Å². The topological polar surface area (TPSA) is 98.1 Å². The summed E-state index contributed by atoms with van der Waals surface area (Å²) >= 11 is 1.36. The number of rotatable bonds is 4. The van der Waals surface area contributed by atoms with Crippen LogP contribution in [0.2, 0.25) is 0 Å². The van der Waals surface area contributed by atoms with E-state index >= 15 is 0 Å². The Hall–Kier alpha value is -3.19. The molecule has 3 aromatic rings. The molecule has 2 aromatic carbocycles. The van der Waals surface area contributed by atoms with Crippen molar-refractivity contribution in [3.05, 3.63) is 64.7 Å². The number of sulfonamides is 1. The van der Waals surface area contributed by atoms with Crippen LogP contribution in [-0.2, 0) is 10.0 Å². The zero-order chi connectivity index (χ0) is 20.6. The molecule has 0 amide bonds. The van der Waals surface area contributed by atoms with Crippen molar-refractivity contribution in [3.63, 3.8) is 0 Å². The van der Waals surface area contributed by atoms with E-state index in [-0.39, 0.29) is 4.90 Å². The number of hydrogen-bond acceptors (Lipinski definition) is 7. The highest BCUT2D eigenvalue weighted by atomic mass is 32.2. The third kappa shape index (κ3) is 3.49. The van der Waals surface area contributed by atoms with Crippen LogP contribution < -0.4 is 10.6 Å². The van der Waals surface area contributed by atoms with Crippen molar-refractivity contribution < 1.29 is 8.42 Å². The highest BCUT2D eigenvalue weighted by molar-refractivity contribution is 7.89. The molecule has 0 aliphatic carbocycles. The molecular weight excluding hydrogens is 406 g/mol. The number of nitrogens with zero attached hydrogens (tertiary/aromatic N) is 3. The second-order valence-electron chi connectivity index (χ2n) is 6.51. The van der Waals surface area contributed by atoms with Gasteiger partial charge in [0.05, 0.1) is 22.0 Å². The van der Waals surface area contributed by atoms with Crippen LogP contribution in [0.5, 0.6) is 0 Å². The molecule has 0 atom stereocenters. The van der Waals surface area contributed by atoms with Gasteiger partial charge in [-0.15, -0.1) is 11.3 Å². The summed E-state index contributed by atoms with van der Waals surface area (Å²) in [5.74, 6) is 0.599. The summed E-state index contributed by atoms with van der Waals surface area (Å²) in [7, 11) is -0.484. The fraction of sp³-hybridized carbons (Fsp3) is 0.100. The molecule has 4 rings (SSSR count). The third-order valence-corrected chi connectivity index (χ3v) is 7.14. The minimum atomic E-state index is -3.48. The van der Waals surface area contributed by atoms with E-state index in [4.69, 9.17) is 0 Å². The fourth-order valence-electron chi connectivity index (χ4n) is 2.87. The van der Waals surface area contributed by atoms with Gasteiger partial charge in [-0.25, -0.2) is 17.7 Å². The minimum absolute atomic E-state index is 0.221. The summed E-state index contributed by atoms with van der Waals surface area (Å²) in [6, 6.07) is 16.5. The van der Waals surface area contributed by atoms with Gasteiger partial charge in [-0.1, -0.05) is 24.3 Å². The predicted octanol–water partition coefficient (Wildman–Crippen LogP) is 3.79. The molecule has 0 saturated heterocycles. The molecule has 1 aromatic heterocycles. The van der Waals surface area contributed by atoms with Crippen LogP contribution in [0, 0.1) is 11.3 Å². The summed E-state index contributed by atoms with van der Waals surface area (Å²) in [5.41, 5.74) is 3.70. The van der Waals surface area contributed by atoms with Gasteiger partial charge in [0.2, 0.25) is 10.0 Å². The zero-order valence-corrected chi connectivity index (χ0v) is 17.3. The lowest BCUT2D eigenvalue weighted by molar-refractivity contribution is 0.521. The molecule has 0 unspecified atom stereocenters. The quantitative estimate of drug-likeness (QED) is 0.620. The highest BCUT2D eigenvalue weighted by Gasteiger charge is 2.21. The van der Waals surface area contributed by atoms with Crippen molar-refractivity contribution >= 4 is 38.3 Å². The average molecular weight is 424 g/mol. The maximum Gasteiger partial charge on any atom is 0.242 e. The van der Waals surface area contributed by atoms with E-state index in [0.717, 1.165) is 16.9 Å². The third-order valence-electron chi connectivity index (χ3n) is 4.45. The number of para-hydroxylation sites is 2. The van der Waals surface area contributed by atoms with E-state index in [9.17, 15) is 13.7 Å². The number of allylic oxidation sites excluding steroid dienone is 1. The monoisotopic (exact) mass is 423 g/mol. The van der Waals surface area contributed by atoms with E-state index in [1.54, 1.807) is 24.3 Å². The van der Waals surface area contributed by atoms with Crippen molar-refractivity contribution in [1.29, 1.82) is 5.26 Å². The molecule has 2 N–H and O–H groups in total. The number of anilines is 2. The molecule has 29 heavy (non-hydrogen) atoms. The first kappa shape index (κ1) is 19.1. The summed E-state index contributed by atoms with van der Waals surface area (Å²) in [4.78, 5) is 4.81. The standard InChI is InChI=1S/C20H17N5O2S2/c1-25(2)29(26,27)14-9-7-13(8-10-14)18-12-28-20(24-18)15(11-21)19-22-16-5-3-4-6-17(16)23-19/h3-10,12,22-23H,1-2H3. The molecule has 0 saturated carbocycles. The summed E-state index contributed by atoms with van der Waals surface area (Å²) in [5, 5.41) is 18.5. The van der Waals surface area contributed by atoms with E-state index in [1.807, 2.05) is 29.6 Å². The predicted molar refractivity (Wildman–Crippen MR) is 115 cm³/mol. The van der Waals surface area contributed by atoms with E-state index in [2.05, 4.69) is 21.7 Å². The number of hydrogen-bond donors (Lipinski definition) is 2. The summed E-state index contributed by atoms with van der Waals surface area (Å²) < 4.78 is 25.6. The zero-order valence-electron chi connectivity index (χ0n) is 15.7. The Bertz CT molecular complexity index is 1230. The number of benzene rings is 2. The second kappa shape index (κ2) is 7.33. The average Bonchev–Trinajstić information content (AvgIpc) is 3.36. The van der Waals surface area contributed by atoms with Crippen LogP contribution in [0.3, 0.4) is 0 Å². The smallest absolute Gasteiger partial charge is 0.242 e. The van der Waals surface area contributed by atoms with Gasteiger partial charge in [0.15, 0.2) is 0 Å². The molecule has 0 spiro atoms. The van der Waals surface area contributed by atoms with Gasteiger partial charge in [-0.2, -0.15) is 5.26 Å². The minimum Gasteiger partial charge on any atom is -0.339 e. The molecule has 7 nitrogen and oxygen atoms in total. The Morgan fingerprint density at radius 3 is 2.24 bits per heavy atom. The van der Waals surface area contributed by atoms with Crippen molar-refractivity contribution in [2.45, 2.75) is 4.90 Å². The fourth-order valence-corrected chi connectivity index (χ4v) is 4.60. The van der Waals surface area contributed by atoms with Gasteiger partial charge in [0.25, 0.3) is 0 Å². The maximum atomic E-state index is 12.2. The van der Waals surface area contributed by atoms with Crippen molar-refractivity contribution in [2.24, 2.45) is 0 Å². The molecule has 1 aliphatic rings. The van der Waals surface area contributed by atoms with Crippen LogP contribution in [0.25, 0.3) is 16.8 Å². The van der Waals surface area contributed by atoms with Crippen LogP contribution in [0.4, 0.5) is 11.4 Å². The van der Waals surface area contributed by atoms with Gasteiger partial charge in [-0.3, -0.25) is 0 Å². The Kier molecular flexibility index (Phi) is 4.84. The van der Waals surface area contributed by atoms with Gasteiger partial charge in [0, 0.05) is 25.0 Å². The Balaban J connectivity index is 1.64. The highest BCUT2D eigenvalue weighted by Crippen LogP contribution is 2.35. The molecule has 9 heteroatoms. The number of nitrogens with one attached hydrogen (secondary N) is 2. The maximum absolute atomic E-state index is 12.2. The van der Waals surface area contributed by atoms with Crippen molar-refractivity contribution in [2.75, 3.05) is 24.7 Å². The number of nitriles is 1. The summed E-state index contributed by atoms with van der Waals surface area (Å²) in [6.45, 7) is 0. The van der Waals surface area contributed by atoms with Gasteiger partial charge in [-0.05, 0) is 24.3 Å².